The van der Waals surface area contributed by atoms with Gasteiger partial charge in [-0.2, -0.15) is 0 Å². The lowest BCUT2D eigenvalue weighted by Crippen LogP contribution is -2.37. The van der Waals surface area contributed by atoms with Crippen molar-refractivity contribution in [3.8, 4) is 5.69 Å². The number of carbonyl (C=O) groups excluding carboxylic acids is 2. The van der Waals surface area contributed by atoms with Crippen LogP contribution < -0.4 is 10.2 Å². The largest absolute Gasteiger partial charge is 0.378 e. The topological polar surface area (TPSA) is 89.3 Å². The van der Waals surface area contributed by atoms with E-state index in [0.717, 1.165) is 24.7 Å². The fraction of sp³-hybridized carbons (Fsp3) is 0.304. The number of nitrogens with zero attached hydrogens (tertiary/aromatic N) is 4. The van der Waals surface area contributed by atoms with Crippen molar-refractivity contribution in [2.75, 3.05) is 36.5 Å². The highest BCUT2D eigenvalue weighted by molar-refractivity contribution is 8.00. The molecule has 3 aromatic rings. The quantitative estimate of drug-likeness (QED) is 0.435. The molecular weight excluding hydrogens is 426 g/mol. The molecule has 1 aliphatic heterocycles. The maximum atomic E-state index is 12.8. The normalized spacial score (nSPS) is 14.8. The maximum Gasteiger partial charge on any atom is 0.237 e. The number of rotatable bonds is 7. The number of thioether (sulfide) groups is 1. The summed E-state index contributed by atoms with van der Waals surface area (Å²) < 4.78 is 7.46. The third kappa shape index (κ3) is 5.00. The predicted octanol–water partition coefficient (Wildman–Crippen LogP) is 3.43. The number of hydrogen-bond acceptors (Lipinski definition) is 7. The molecule has 2 aromatic carbocycles. The van der Waals surface area contributed by atoms with Crippen molar-refractivity contribution in [1.82, 2.24) is 14.8 Å². The summed E-state index contributed by atoms with van der Waals surface area (Å²) in [5.41, 5.74) is 2.19. The van der Waals surface area contributed by atoms with Crippen LogP contribution in [0.1, 0.15) is 24.2 Å². The summed E-state index contributed by atoms with van der Waals surface area (Å²) >= 11 is 1.35. The van der Waals surface area contributed by atoms with Gasteiger partial charge in [0.2, 0.25) is 11.9 Å². The summed E-state index contributed by atoms with van der Waals surface area (Å²) in [5, 5.41) is 12.0. The Labute approximate surface area is 191 Å². The minimum atomic E-state index is -0.410. The molecule has 4 rings (SSSR count). The van der Waals surface area contributed by atoms with Crippen LogP contribution in [0.4, 0.5) is 11.6 Å². The Kier molecular flexibility index (Phi) is 6.87. The SMILES string of the molecule is CC(=O)c1ccc(NC(=O)C(C)Sc2nnc(N3CCOCC3)n2-c2ccccc2)cc1. The molecule has 1 saturated heterocycles. The molecule has 0 saturated carbocycles. The molecule has 1 aliphatic rings. The number of nitrogens with one attached hydrogen (secondary N) is 1. The van der Waals surface area contributed by atoms with E-state index < -0.39 is 5.25 Å². The van der Waals surface area contributed by atoms with Gasteiger partial charge in [-0.1, -0.05) is 30.0 Å². The van der Waals surface area contributed by atoms with Gasteiger partial charge in [0.05, 0.1) is 24.2 Å². The van der Waals surface area contributed by atoms with E-state index >= 15 is 0 Å². The van der Waals surface area contributed by atoms with Gasteiger partial charge in [0, 0.05) is 24.3 Å². The number of carbonyl (C=O) groups is 2. The van der Waals surface area contributed by atoms with Crippen LogP contribution in [-0.4, -0.2) is 58.0 Å². The number of benzene rings is 2. The Bertz CT molecular complexity index is 1080. The van der Waals surface area contributed by atoms with Crippen molar-refractivity contribution in [3.05, 3.63) is 60.2 Å². The Morgan fingerprint density at radius 2 is 1.72 bits per heavy atom. The van der Waals surface area contributed by atoms with Crippen molar-refractivity contribution in [2.45, 2.75) is 24.3 Å². The number of ether oxygens (including phenoxy) is 1. The Balaban J connectivity index is 1.53. The van der Waals surface area contributed by atoms with Crippen molar-refractivity contribution >= 4 is 35.1 Å². The fourth-order valence-corrected chi connectivity index (χ4v) is 4.22. The second-order valence-corrected chi connectivity index (χ2v) is 8.74. The molecule has 0 bridgehead atoms. The second kappa shape index (κ2) is 9.97. The summed E-state index contributed by atoms with van der Waals surface area (Å²) in [7, 11) is 0. The predicted molar refractivity (Wildman–Crippen MR) is 125 cm³/mol. The van der Waals surface area contributed by atoms with E-state index in [2.05, 4.69) is 20.4 Å². The molecule has 1 N–H and O–H groups in total. The molecule has 0 radical (unpaired) electrons. The highest BCUT2D eigenvalue weighted by atomic mass is 32.2. The van der Waals surface area contributed by atoms with Crippen LogP contribution in [0, 0.1) is 0 Å². The third-order valence-electron chi connectivity index (χ3n) is 5.13. The van der Waals surface area contributed by atoms with Gasteiger partial charge in [0.15, 0.2) is 10.9 Å². The summed E-state index contributed by atoms with van der Waals surface area (Å²) in [5.74, 6) is 0.582. The molecule has 1 unspecified atom stereocenters. The van der Waals surface area contributed by atoms with Gasteiger partial charge in [-0.05, 0) is 50.2 Å². The van der Waals surface area contributed by atoms with E-state index in [1.54, 1.807) is 24.3 Å². The van der Waals surface area contributed by atoms with E-state index in [4.69, 9.17) is 4.74 Å². The number of morpholine rings is 1. The number of anilines is 2. The number of ketones is 1. The summed E-state index contributed by atoms with van der Waals surface area (Å²) in [6, 6.07) is 16.8. The smallest absolute Gasteiger partial charge is 0.237 e. The van der Waals surface area contributed by atoms with E-state index in [-0.39, 0.29) is 11.7 Å². The fourth-order valence-electron chi connectivity index (χ4n) is 3.35. The lowest BCUT2D eigenvalue weighted by Gasteiger charge is -2.28. The highest BCUT2D eigenvalue weighted by Crippen LogP contribution is 2.30. The monoisotopic (exact) mass is 451 g/mol. The van der Waals surface area contributed by atoms with Crippen LogP contribution in [0.25, 0.3) is 5.69 Å². The van der Waals surface area contributed by atoms with Crippen LogP contribution in [0.15, 0.2) is 59.8 Å². The second-order valence-electron chi connectivity index (χ2n) is 7.44. The van der Waals surface area contributed by atoms with Crippen LogP contribution in [0.2, 0.25) is 0 Å². The van der Waals surface area contributed by atoms with Crippen LogP contribution in [0.5, 0.6) is 0 Å². The van der Waals surface area contributed by atoms with Gasteiger partial charge in [-0.15, -0.1) is 10.2 Å². The Hall–Kier alpha value is -3.17. The third-order valence-corrected chi connectivity index (χ3v) is 6.18. The van der Waals surface area contributed by atoms with Crippen LogP contribution in [-0.2, 0) is 9.53 Å². The van der Waals surface area contributed by atoms with Gasteiger partial charge < -0.3 is 15.0 Å². The van der Waals surface area contributed by atoms with Gasteiger partial charge in [0.25, 0.3) is 0 Å². The number of para-hydroxylation sites is 1. The lowest BCUT2D eigenvalue weighted by atomic mass is 10.1. The first-order chi connectivity index (χ1) is 15.5. The van der Waals surface area contributed by atoms with Crippen LogP contribution >= 0.6 is 11.8 Å². The summed E-state index contributed by atoms with van der Waals surface area (Å²) in [6.45, 7) is 6.11. The molecule has 1 amide bonds. The van der Waals surface area contributed by atoms with E-state index in [1.165, 1.54) is 18.7 Å². The van der Waals surface area contributed by atoms with Gasteiger partial charge in [0.1, 0.15) is 0 Å². The molecule has 2 heterocycles. The summed E-state index contributed by atoms with van der Waals surface area (Å²) in [4.78, 5) is 26.4. The minimum absolute atomic E-state index is 0.0110. The molecule has 8 nitrogen and oxygen atoms in total. The first-order valence-electron chi connectivity index (χ1n) is 10.4. The molecule has 166 valence electrons. The molecule has 1 fully saturated rings. The lowest BCUT2D eigenvalue weighted by molar-refractivity contribution is -0.115. The molecule has 0 spiro atoms. The molecule has 1 atom stereocenters. The molecule has 32 heavy (non-hydrogen) atoms. The van der Waals surface area contributed by atoms with Gasteiger partial charge in [-0.3, -0.25) is 14.2 Å². The van der Waals surface area contributed by atoms with E-state index in [1.807, 2.05) is 41.8 Å². The highest BCUT2D eigenvalue weighted by Gasteiger charge is 2.25. The average molecular weight is 452 g/mol. The number of amides is 1. The standard InChI is InChI=1S/C23H25N5O3S/c1-16(29)18-8-10-19(11-9-18)24-21(30)17(2)32-23-26-25-22(27-12-14-31-15-13-27)28(23)20-6-4-3-5-7-20/h3-11,17H,12-15H2,1-2H3,(H,24,30). The molecule has 0 aliphatic carbocycles. The van der Waals surface area contributed by atoms with Crippen molar-refractivity contribution in [3.63, 3.8) is 0 Å². The van der Waals surface area contributed by atoms with Crippen LogP contribution in [0.3, 0.4) is 0 Å². The number of hydrogen-bond donors (Lipinski definition) is 1. The Morgan fingerprint density at radius 1 is 1.03 bits per heavy atom. The zero-order chi connectivity index (χ0) is 22.5. The van der Waals surface area contributed by atoms with E-state index in [9.17, 15) is 9.59 Å². The zero-order valence-corrected chi connectivity index (χ0v) is 18.8. The Morgan fingerprint density at radius 3 is 2.38 bits per heavy atom. The van der Waals surface area contributed by atoms with Crippen molar-refractivity contribution in [1.29, 1.82) is 0 Å². The number of aromatic nitrogens is 3. The number of Topliss-reactive ketones (excluding diaryl/α,β-unsaturated/α-hetero) is 1. The molecule has 1 aromatic heterocycles. The average Bonchev–Trinajstić information content (AvgIpc) is 3.24. The maximum absolute atomic E-state index is 12.8. The minimum Gasteiger partial charge on any atom is -0.378 e. The summed E-state index contributed by atoms with van der Waals surface area (Å²) in [6.07, 6.45) is 0. The van der Waals surface area contributed by atoms with E-state index in [0.29, 0.717) is 29.6 Å². The van der Waals surface area contributed by atoms with Crippen molar-refractivity contribution < 1.29 is 14.3 Å². The van der Waals surface area contributed by atoms with Gasteiger partial charge >= 0.3 is 0 Å². The zero-order valence-electron chi connectivity index (χ0n) is 18.0. The van der Waals surface area contributed by atoms with Crippen molar-refractivity contribution in [2.24, 2.45) is 0 Å². The first kappa shape index (κ1) is 22.0. The first-order valence-corrected chi connectivity index (χ1v) is 11.3. The molecule has 9 heteroatoms. The molecular formula is C23H25N5O3S. The van der Waals surface area contributed by atoms with Gasteiger partial charge in [-0.25, -0.2) is 0 Å².